The highest BCUT2D eigenvalue weighted by Gasteiger charge is 2.06. The first-order valence-electron chi connectivity index (χ1n) is 7.30. The molecule has 25 heavy (non-hydrogen) atoms. The molecule has 2 aromatic carbocycles. The van der Waals surface area contributed by atoms with E-state index in [-0.39, 0.29) is 10.9 Å². The van der Waals surface area contributed by atoms with Crippen LogP contribution in [-0.4, -0.2) is 14.9 Å². The molecule has 1 heterocycles. The molecule has 0 unspecified atom stereocenters. The molecular weight excluding hydrogens is 382 g/mol. The summed E-state index contributed by atoms with van der Waals surface area (Å²) in [4.78, 5) is 0. The van der Waals surface area contributed by atoms with E-state index in [9.17, 15) is 4.39 Å². The van der Waals surface area contributed by atoms with Gasteiger partial charge in [-0.2, -0.15) is 5.10 Å². The molecule has 0 aliphatic heterocycles. The molecule has 128 valence electrons. The van der Waals surface area contributed by atoms with Crippen molar-refractivity contribution in [2.75, 3.05) is 10.6 Å². The Morgan fingerprint density at radius 3 is 2.68 bits per heavy atom. The monoisotopic (exact) mass is 394 g/mol. The molecule has 0 aliphatic carbocycles. The number of nitrogens with one attached hydrogen (secondary N) is 2. The number of benzene rings is 2. The Morgan fingerprint density at radius 2 is 1.92 bits per heavy atom. The molecule has 0 atom stereocenters. The Labute approximate surface area is 159 Å². The van der Waals surface area contributed by atoms with Gasteiger partial charge in [-0.05, 0) is 42.0 Å². The molecule has 4 nitrogen and oxygen atoms in total. The van der Waals surface area contributed by atoms with Crippen molar-refractivity contribution in [2.24, 2.45) is 0 Å². The lowest BCUT2D eigenvalue weighted by molar-refractivity contribution is 0.632. The normalized spacial score (nSPS) is 10.5. The molecule has 0 aliphatic rings. The van der Waals surface area contributed by atoms with Crippen LogP contribution in [0.4, 0.5) is 15.8 Å². The van der Waals surface area contributed by atoms with Crippen LogP contribution in [0, 0.1) is 5.82 Å². The molecule has 1 aromatic heterocycles. The highest BCUT2D eigenvalue weighted by Crippen LogP contribution is 2.23. The van der Waals surface area contributed by atoms with Gasteiger partial charge in [0.05, 0.1) is 34.2 Å². The number of rotatable bonds is 4. The minimum absolute atomic E-state index is 0.277. The molecule has 0 spiro atoms. The van der Waals surface area contributed by atoms with E-state index >= 15 is 0 Å². The fraction of sp³-hybridized carbons (Fsp3) is 0.0588. The van der Waals surface area contributed by atoms with Crippen molar-refractivity contribution in [2.45, 2.75) is 6.54 Å². The summed E-state index contributed by atoms with van der Waals surface area (Å²) in [7, 11) is 0. The second-order valence-corrected chi connectivity index (χ2v) is 6.46. The van der Waals surface area contributed by atoms with Gasteiger partial charge in [-0.1, -0.05) is 41.4 Å². The molecule has 2 N–H and O–H groups in total. The van der Waals surface area contributed by atoms with Gasteiger partial charge in [0, 0.05) is 6.20 Å². The molecule has 3 aromatic rings. The maximum atomic E-state index is 13.6. The SMILES string of the molecule is Fc1ccccc1NC(=S)Nc1cnn(Cc2ccc(Cl)c(Cl)c2)c1. The second-order valence-electron chi connectivity index (χ2n) is 5.23. The van der Waals surface area contributed by atoms with Crippen molar-refractivity contribution in [3.05, 3.63) is 76.3 Å². The summed E-state index contributed by atoms with van der Waals surface area (Å²) in [5.74, 6) is -0.373. The Bertz CT molecular complexity index is 913. The van der Waals surface area contributed by atoms with E-state index in [4.69, 9.17) is 35.4 Å². The first-order chi connectivity index (χ1) is 12.0. The van der Waals surface area contributed by atoms with Gasteiger partial charge in [-0.15, -0.1) is 0 Å². The van der Waals surface area contributed by atoms with Crippen molar-refractivity contribution in [3.63, 3.8) is 0 Å². The average Bonchev–Trinajstić information content (AvgIpc) is 3.00. The first kappa shape index (κ1) is 17.7. The number of nitrogens with zero attached hydrogens (tertiary/aromatic N) is 2. The average molecular weight is 395 g/mol. The standard InChI is InChI=1S/C17H13Cl2FN4S/c18-13-6-5-11(7-14(13)19)9-24-10-12(8-21-24)22-17(25)23-16-4-2-1-3-15(16)20/h1-8,10H,9H2,(H2,22,23,25). The maximum absolute atomic E-state index is 13.6. The lowest BCUT2D eigenvalue weighted by Crippen LogP contribution is -2.19. The van der Waals surface area contributed by atoms with Crippen LogP contribution in [0.25, 0.3) is 0 Å². The van der Waals surface area contributed by atoms with Crippen molar-refractivity contribution in [1.29, 1.82) is 0 Å². The summed E-state index contributed by atoms with van der Waals surface area (Å²) in [6.45, 7) is 0.534. The van der Waals surface area contributed by atoms with Crippen LogP contribution < -0.4 is 10.6 Å². The van der Waals surface area contributed by atoms with Gasteiger partial charge < -0.3 is 10.6 Å². The number of hydrogen-bond acceptors (Lipinski definition) is 2. The Hall–Kier alpha value is -2.15. The van der Waals surface area contributed by atoms with E-state index in [2.05, 4.69) is 15.7 Å². The lowest BCUT2D eigenvalue weighted by Gasteiger charge is -2.09. The molecule has 0 bridgehead atoms. The number of halogens is 3. The van der Waals surface area contributed by atoms with E-state index in [1.54, 1.807) is 47.4 Å². The van der Waals surface area contributed by atoms with Gasteiger partial charge in [0.15, 0.2) is 5.11 Å². The third-order valence-corrected chi connectivity index (χ3v) is 4.28. The van der Waals surface area contributed by atoms with Crippen LogP contribution in [0.15, 0.2) is 54.9 Å². The zero-order valence-corrected chi connectivity index (χ0v) is 15.2. The third-order valence-electron chi connectivity index (χ3n) is 3.34. The third kappa shape index (κ3) is 4.69. The van der Waals surface area contributed by atoms with Crippen LogP contribution in [0.2, 0.25) is 10.0 Å². The predicted molar refractivity (Wildman–Crippen MR) is 104 cm³/mol. The first-order valence-corrected chi connectivity index (χ1v) is 8.46. The second kappa shape index (κ2) is 7.82. The van der Waals surface area contributed by atoms with Crippen molar-refractivity contribution < 1.29 is 4.39 Å². The van der Waals surface area contributed by atoms with Crippen LogP contribution in [-0.2, 0) is 6.54 Å². The predicted octanol–water partition coefficient (Wildman–Crippen LogP) is 5.19. The molecule has 0 radical (unpaired) electrons. The minimum Gasteiger partial charge on any atom is -0.330 e. The number of thiocarbonyl (C=S) groups is 1. The summed E-state index contributed by atoms with van der Waals surface area (Å²) in [5.41, 5.74) is 1.97. The van der Waals surface area contributed by atoms with Gasteiger partial charge in [0.25, 0.3) is 0 Å². The largest absolute Gasteiger partial charge is 0.330 e. The fourth-order valence-electron chi connectivity index (χ4n) is 2.19. The number of aromatic nitrogens is 2. The zero-order chi connectivity index (χ0) is 17.8. The van der Waals surface area contributed by atoms with E-state index < -0.39 is 0 Å². The lowest BCUT2D eigenvalue weighted by atomic mass is 10.2. The van der Waals surface area contributed by atoms with E-state index in [1.165, 1.54) is 6.07 Å². The Balaban J connectivity index is 1.62. The highest BCUT2D eigenvalue weighted by atomic mass is 35.5. The highest BCUT2D eigenvalue weighted by molar-refractivity contribution is 7.80. The van der Waals surface area contributed by atoms with Gasteiger partial charge in [0.2, 0.25) is 0 Å². The smallest absolute Gasteiger partial charge is 0.175 e. The molecular formula is C17H13Cl2FN4S. The summed E-state index contributed by atoms with van der Waals surface area (Å²) < 4.78 is 15.3. The van der Waals surface area contributed by atoms with Crippen molar-refractivity contribution >= 4 is 51.9 Å². The van der Waals surface area contributed by atoms with Crippen molar-refractivity contribution in [1.82, 2.24) is 9.78 Å². The molecule has 3 rings (SSSR count). The molecule has 0 amide bonds. The van der Waals surface area contributed by atoms with Gasteiger partial charge in [-0.3, -0.25) is 4.68 Å². The van der Waals surface area contributed by atoms with Gasteiger partial charge in [0.1, 0.15) is 5.82 Å². The van der Waals surface area contributed by atoms with Crippen LogP contribution >= 0.6 is 35.4 Å². The van der Waals surface area contributed by atoms with Crippen LogP contribution in [0.3, 0.4) is 0 Å². The molecule has 0 saturated carbocycles. The van der Waals surface area contributed by atoms with E-state index in [0.29, 0.717) is 28.0 Å². The summed E-state index contributed by atoms with van der Waals surface area (Å²) in [5, 5.41) is 11.3. The molecule has 8 heteroatoms. The number of anilines is 2. The van der Waals surface area contributed by atoms with E-state index in [0.717, 1.165) is 5.56 Å². The maximum Gasteiger partial charge on any atom is 0.175 e. The fourth-order valence-corrected chi connectivity index (χ4v) is 2.74. The molecule has 0 fully saturated rings. The zero-order valence-electron chi connectivity index (χ0n) is 12.8. The van der Waals surface area contributed by atoms with Gasteiger partial charge in [-0.25, -0.2) is 4.39 Å². The van der Waals surface area contributed by atoms with Crippen LogP contribution in [0.5, 0.6) is 0 Å². The van der Waals surface area contributed by atoms with Crippen molar-refractivity contribution in [3.8, 4) is 0 Å². The summed E-state index contributed by atoms with van der Waals surface area (Å²) in [6.07, 6.45) is 3.42. The minimum atomic E-state index is -0.373. The number of para-hydroxylation sites is 1. The molecule has 0 saturated heterocycles. The topological polar surface area (TPSA) is 41.9 Å². The Morgan fingerprint density at radius 1 is 1.12 bits per heavy atom. The number of hydrogen-bond donors (Lipinski definition) is 2. The van der Waals surface area contributed by atoms with E-state index in [1.807, 2.05) is 6.07 Å². The Kier molecular flexibility index (Phi) is 5.53. The quantitative estimate of drug-likeness (QED) is 0.597. The van der Waals surface area contributed by atoms with Crippen LogP contribution in [0.1, 0.15) is 5.56 Å². The van der Waals surface area contributed by atoms with Gasteiger partial charge >= 0.3 is 0 Å². The summed E-state index contributed by atoms with van der Waals surface area (Å²) >= 11 is 17.1. The summed E-state index contributed by atoms with van der Waals surface area (Å²) in [6, 6.07) is 11.7.